The molecule has 0 bridgehead atoms. The Morgan fingerprint density at radius 2 is 2.11 bits per heavy atom. The molecule has 2 heterocycles. The monoisotopic (exact) mass is 251 g/mol. The van der Waals surface area contributed by atoms with Crippen LogP contribution in [0.4, 0.5) is 0 Å². The Balaban J connectivity index is 1.93. The van der Waals surface area contributed by atoms with Crippen molar-refractivity contribution in [3.8, 4) is 0 Å². The first-order chi connectivity index (χ1) is 8.66. The fourth-order valence-electron chi connectivity index (χ4n) is 2.16. The number of carbonyl (C=O) groups excluding carboxylic acids is 1. The molecule has 1 aliphatic heterocycles. The van der Waals surface area contributed by atoms with Crippen molar-refractivity contribution in [2.45, 2.75) is 6.42 Å². The summed E-state index contributed by atoms with van der Waals surface area (Å²) >= 11 is 0. The highest BCUT2D eigenvalue weighted by molar-refractivity contribution is 5.92. The largest absolute Gasteiger partial charge is 0.480 e. The van der Waals surface area contributed by atoms with Crippen LogP contribution in [0.2, 0.25) is 0 Å². The number of carboxylic acid groups (broad SMARTS) is 1. The van der Waals surface area contributed by atoms with E-state index in [1.54, 1.807) is 23.2 Å². The normalized spacial score (nSPS) is 17.4. The van der Waals surface area contributed by atoms with E-state index in [9.17, 15) is 9.59 Å². The van der Waals surface area contributed by atoms with Crippen LogP contribution in [0.5, 0.6) is 0 Å². The van der Waals surface area contributed by atoms with Gasteiger partial charge in [0.1, 0.15) is 5.69 Å². The third kappa shape index (κ3) is 3.10. The van der Waals surface area contributed by atoms with E-state index in [0.717, 1.165) is 13.0 Å². The lowest BCUT2D eigenvalue weighted by atomic mass is 10.3. The van der Waals surface area contributed by atoms with Gasteiger partial charge in [0.15, 0.2) is 0 Å². The van der Waals surface area contributed by atoms with E-state index in [2.05, 4.69) is 4.98 Å². The van der Waals surface area contributed by atoms with Crippen LogP contribution in [0.1, 0.15) is 16.9 Å². The second-order valence-corrected chi connectivity index (χ2v) is 4.40. The van der Waals surface area contributed by atoms with Crippen molar-refractivity contribution in [2.75, 3.05) is 32.7 Å². The molecular weight excluding hydrogens is 234 g/mol. The van der Waals surface area contributed by atoms with E-state index < -0.39 is 5.97 Å². The maximum absolute atomic E-state index is 12.1. The van der Waals surface area contributed by atoms with E-state index in [0.29, 0.717) is 25.3 Å². The Labute approximate surface area is 105 Å². The van der Waals surface area contributed by atoms with Crippen molar-refractivity contribution >= 4 is 11.9 Å². The highest BCUT2D eigenvalue weighted by Crippen LogP contribution is 2.07. The van der Waals surface area contributed by atoms with E-state index >= 15 is 0 Å². The first-order valence-electron chi connectivity index (χ1n) is 6.03. The zero-order valence-corrected chi connectivity index (χ0v) is 10.1. The topological polar surface area (TPSA) is 76.6 Å². The van der Waals surface area contributed by atoms with Gasteiger partial charge in [0.2, 0.25) is 0 Å². The predicted octanol–water partition coefficient (Wildman–Crippen LogP) is 0.247. The van der Waals surface area contributed by atoms with Crippen molar-refractivity contribution < 1.29 is 14.7 Å². The molecule has 0 radical (unpaired) electrons. The lowest BCUT2D eigenvalue weighted by Gasteiger charge is -2.20. The van der Waals surface area contributed by atoms with Crippen molar-refractivity contribution in [1.82, 2.24) is 14.8 Å². The summed E-state index contributed by atoms with van der Waals surface area (Å²) in [6.07, 6.45) is 2.53. The highest BCUT2D eigenvalue weighted by atomic mass is 16.4. The average Bonchev–Trinajstić information content (AvgIpc) is 2.76. The van der Waals surface area contributed by atoms with E-state index in [4.69, 9.17) is 5.11 Å². The fourth-order valence-corrected chi connectivity index (χ4v) is 2.16. The molecule has 0 aliphatic carbocycles. The van der Waals surface area contributed by atoms with Crippen molar-refractivity contribution in [3.63, 3.8) is 0 Å². The second-order valence-electron chi connectivity index (χ2n) is 4.40. The van der Waals surface area contributed by atoms with Gasteiger partial charge in [-0.3, -0.25) is 14.5 Å². The summed E-state index contributed by atoms with van der Waals surface area (Å²) in [6, 6.07) is 3.55. The molecular formula is C12H17N3O3. The first kappa shape index (κ1) is 12.6. The Morgan fingerprint density at radius 3 is 2.78 bits per heavy atom. The lowest BCUT2D eigenvalue weighted by Crippen LogP contribution is -2.36. The Kier molecular flexibility index (Phi) is 3.99. The van der Waals surface area contributed by atoms with Gasteiger partial charge in [-0.25, -0.2) is 0 Å². The van der Waals surface area contributed by atoms with Crippen LogP contribution in [0, 0.1) is 0 Å². The summed E-state index contributed by atoms with van der Waals surface area (Å²) < 4.78 is 0. The number of amides is 1. The molecule has 0 unspecified atom stereocenters. The molecule has 2 rings (SSSR count). The zero-order valence-electron chi connectivity index (χ0n) is 10.1. The smallest absolute Gasteiger partial charge is 0.317 e. The Morgan fingerprint density at radius 1 is 1.28 bits per heavy atom. The number of rotatable bonds is 3. The molecule has 98 valence electrons. The van der Waals surface area contributed by atoms with Gasteiger partial charge in [0.05, 0.1) is 6.54 Å². The number of hydrogen-bond donors (Lipinski definition) is 2. The van der Waals surface area contributed by atoms with Gasteiger partial charge < -0.3 is 15.0 Å². The molecule has 1 aromatic heterocycles. The van der Waals surface area contributed by atoms with Crippen LogP contribution in [-0.4, -0.2) is 64.5 Å². The van der Waals surface area contributed by atoms with Crippen LogP contribution in [0.3, 0.4) is 0 Å². The second kappa shape index (κ2) is 5.68. The van der Waals surface area contributed by atoms with E-state index in [1.807, 2.05) is 4.90 Å². The number of nitrogens with zero attached hydrogens (tertiary/aromatic N) is 2. The van der Waals surface area contributed by atoms with Crippen LogP contribution < -0.4 is 0 Å². The number of nitrogens with one attached hydrogen (secondary N) is 1. The van der Waals surface area contributed by atoms with Crippen LogP contribution in [0.25, 0.3) is 0 Å². The van der Waals surface area contributed by atoms with Gasteiger partial charge in [0, 0.05) is 32.4 Å². The molecule has 2 N–H and O–H groups in total. The number of aliphatic carboxylic acids is 1. The number of aromatic nitrogens is 1. The van der Waals surface area contributed by atoms with Crippen LogP contribution in [-0.2, 0) is 4.79 Å². The van der Waals surface area contributed by atoms with Gasteiger partial charge >= 0.3 is 5.97 Å². The molecule has 1 amide bonds. The lowest BCUT2D eigenvalue weighted by molar-refractivity contribution is -0.138. The molecule has 1 aromatic rings. The molecule has 1 aliphatic rings. The summed E-state index contributed by atoms with van der Waals surface area (Å²) in [5.74, 6) is -0.837. The Bertz CT molecular complexity index is 416. The quantitative estimate of drug-likeness (QED) is 0.807. The minimum atomic E-state index is -0.820. The number of aromatic amines is 1. The summed E-state index contributed by atoms with van der Waals surface area (Å²) in [4.78, 5) is 29.3. The van der Waals surface area contributed by atoms with Gasteiger partial charge in [-0.2, -0.15) is 0 Å². The number of H-pyrrole nitrogens is 1. The maximum atomic E-state index is 12.1. The Hall–Kier alpha value is -1.82. The van der Waals surface area contributed by atoms with Gasteiger partial charge in [-0.1, -0.05) is 0 Å². The van der Waals surface area contributed by atoms with Gasteiger partial charge in [-0.05, 0) is 18.6 Å². The minimum absolute atomic E-state index is 0.0165. The van der Waals surface area contributed by atoms with Gasteiger partial charge in [0.25, 0.3) is 5.91 Å². The van der Waals surface area contributed by atoms with E-state index in [-0.39, 0.29) is 12.5 Å². The average molecular weight is 251 g/mol. The summed E-state index contributed by atoms with van der Waals surface area (Å²) in [6.45, 7) is 2.63. The fraction of sp³-hybridized carbons (Fsp3) is 0.500. The molecule has 1 fully saturated rings. The SMILES string of the molecule is O=C(O)CN1CCCN(C(=O)c2ccc[nH]2)CC1. The van der Waals surface area contributed by atoms with Crippen molar-refractivity contribution in [3.05, 3.63) is 24.0 Å². The first-order valence-corrected chi connectivity index (χ1v) is 6.03. The number of hydrogen-bond acceptors (Lipinski definition) is 3. The predicted molar refractivity (Wildman–Crippen MR) is 65.4 cm³/mol. The zero-order chi connectivity index (χ0) is 13.0. The molecule has 0 aromatic carbocycles. The minimum Gasteiger partial charge on any atom is -0.480 e. The molecule has 0 atom stereocenters. The maximum Gasteiger partial charge on any atom is 0.317 e. The number of carbonyl (C=O) groups is 2. The van der Waals surface area contributed by atoms with Crippen LogP contribution >= 0.6 is 0 Å². The van der Waals surface area contributed by atoms with Crippen LogP contribution in [0.15, 0.2) is 18.3 Å². The third-order valence-corrected chi connectivity index (χ3v) is 3.06. The molecule has 18 heavy (non-hydrogen) atoms. The summed E-state index contributed by atoms with van der Waals surface area (Å²) in [7, 11) is 0. The van der Waals surface area contributed by atoms with Crippen molar-refractivity contribution in [1.29, 1.82) is 0 Å². The third-order valence-electron chi connectivity index (χ3n) is 3.06. The van der Waals surface area contributed by atoms with Crippen molar-refractivity contribution in [2.24, 2.45) is 0 Å². The molecule has 6 nitrogen and oxygen atoms in total. The molecule has 0 saturated carbocycles. The molecule has 6 heteroatoms. The standard InChI is InChI=1S/C12H17N3O3/c16-11(17)9-14-5-2-6-15(8-7-14)12(18)10-3-1-4-13-10/h1,3-4,13H,2,5-9H2,(H,16,17). The van der Waals surface area contributed by atoms with Gasteiger partial charge in [-0.15, -0.1) is 0 Å². The number of carboxylic acids is 1. The molecule has 1 saturated heterocycles. The molecule has 0 spiro atoms. The summed E-state index contributed by atoms with van der Waals surface area (Å²) in [5.41, 5.74) is 0.585. The summed E-state index contributed by atoms with van der Waals surface area (Å²) in [5, 5.41) is 8.76. The highest BCUT2D eigenvalue weighted by Gasteiger charge is 2.21. The van der Waals surface area contributed by atoms with E-state index in [1.165, 1.54) is 0 Å².